The van der Waals surface area contributed by atoms with E-state index in [1.165, 1.54) is 4.90 Å². The number of nitrogens with zero attached hydrogens (tertiary/aromatic N) is 1. The van der Waals surface area contributed by atoms with Crippen molar-refractivity contribution in [2.75, 3.05) is 6.61 Å². The minimum atomic E-state index is -0.177. The van der Waals surface area contributed by atoms with Crippen LogP contribution in [-0.2, 0) is 16.1 Å². The van der Waals surface area contributed by atoms with Gasteiger partial charge in [-0.15, -0.1) is 0 Å². The Hall–Kier alpha value is -1.68. The quantitative estimate of drug-likeness (QED) is 0.826. The largest absolute Gasteiger partial charge is 0.396 e. The van der Waals surface area contributed by atoms with Crippen LogP contribution in [0.25, 0.3) is 0 Å². The van der Waals surface area contributed by atoms with Crippen molar-refractivity contribution in [3.63, 3.8) is 0 Å². The molecule has 4 nitrogen and oxygen atoms in total. The van der Waals surface area contributed by atoms with Crippen LogP contribution < -0.4 is 0 Å². The van der Waals surface area contributed by atoms with Crippen LogP contribution in [0.4, 0.5) is 0 Å². The molecule has 1 aliphatic carbocycles. The van der Waals surface area contributed by atoms with Crippen molar-refractivity contribution in [3.05, 3.63) is 35.9 Å². The van der Waals surface area contributed by atoms with Crippen LogP contribution in [0.5, 0.6) is 0 Å². The first-order valence-corrected chi connectivity index (χ1v) is 6.72. The molecule has 2 aliphatic rings. The molecule has 100 valence electrons. The minimum Gasteiger partial charge on any atom is -0.396 e. The Morgan fingerprint density at radius 2 is 1.89 bits per heavy atom. The van der Waals surface area contributed by atoms with E-state index >= 15 is 0 Å². The van der Waals surface area contributed by atoms with Crippen LogP contribution in [0.1, 0.15) is 18.4 Å². The van der Waals surface area contributed by atoms with E-state index in [4.69, 9.17) is 5.11 Å². The van der Waals surface area contributed by atoms with Crippen molar-refractivity contribution in [1.29, 1.82) is 0 Å². The Labute approximate surface area is 112 Å². The third kappa shape index (κ3) is 1.96. The molecule has 0 bridgehead atoms. The summed E-state index contributed by atoms with van der Waals surface area (Å²) in [4.78, 5) is 25.9. The van der Waals surface area contributed by atoms with Gasteiger partial charge in [-0.3, -0.25) is 14.5 Å². The molecule has 0 aromatic heterocycles. The molecule has 19 heavy (non-hydrogen) atoms. The number of carbonyl (C=O) groups is 2. The van der Waals surface area contributed by atoms with Gasteiger partial charge < -0.3 is 5.11 Å². The van der Waals surface area contributed by atoms with Crippen LogP contribution >= 0.6 is 0 Å². The van der Waals surface area contributed by atoms with E-state index in [1.54, 1.807) is 0 Å². The molecule has 1 saturated heterocycles. The summed E-state index contributed by atoms with van der Waals surface area (Å²) < 4.78 is 0. The monoisotopic (exact) mass is 259 g/mol. The summed E-state index contributed by atoms with van der Waals surface area (Å²) in [6, 6.07) is 9.57. The Morgan fingerprint density at radius 1 is 1.16 bits per heavy atom. The molecule has 1 aromatic carbocycles. The summed E-state index contributed by atoms with van der Waals surface area (Å²) in [6.45, 7) is 0.464. The lowest BCUT2D eigenvalue weighted by atomic mass is 9.65. The van der Waals surface area contributed by atoms with E-state index in [0.29, 0.717) is 13.0 Å². The second-order valence-electron chi connectivity index (χ2n) is 5.39. The number of aliphatic hydroxyl groups excluding tert-OH is 1. The molecule has 4 heteroatoms. The summed E-state index contributed by atoms with van der Waals surface area (Å²) in [5, 5.41) is 8.97. The maximum absolute atomic E-state index is 12.3. The molecule has 2 fully saturated rings. The lowest BCUT2D eigenvalue weighted by Gasteiger charge is -2.35. The zero-order valence-corrected chi connectivity index (χ0v) is 10.7. The lowest BCUT2D eigenvalue weighted by Crippen LogP contribution is -2.39. The fraction of sp³-hybridized carbons (Fsp3) is 0.467. The van der Waals surface area contributed by atoms with Crippen LogP contribution in [0, 0.1) is 17.8 Å². The highest BCUT2D eigenvalue weighted by atomic mass is 16.3. The predicted molar refractivity (Wildman–Crippen MR) is 68.8 cm³/mol. The minimum absolute atomic E-state index is 0.0342. The molecule has 3 rings (SSSR count). The second-order valence-corrected chi connectivity index (χ2v) is 5.39. The Bertz CT molecular complexity index is 499. The molecule has 2 amide bonds. The number of aliphatic hydroxyl groups is 1. The maximum atomic E-state index is 12.3. The zero-order chi connectivity index (χ0) is 13.4. The van der Waals surface area contributed by atoms with Crippen LogP contribution in [0.3, 0.4) is 0 Å². The fourth-order valence-corrected chi connectivity index (χ4v) is 3.25. The number of rotatable bonds is 4. The number of fused-ring (bicyclic) bond motifs is 1. The van der Waals surface area contributed by atoms with Gasteiger partial charge in [0, 0.05) is 6.61 Å². The van der Waals surface area contributed by atoms with E-state index in [2.05, 4.69) is 0 Å². The maximum Gasteiger partial charge on any atom is 0.233 e. The second kappa shape index (κ2) is 4.78. The first kappa shape index (κ1) is 12.4. The SMILES string of the molecule is O=C1C2CC(CCO)C2C(=O)N1Cc1ccccc1. The first-order valence-electron chi connectivity index (χ1n) is 6.72. The molecule has 1 aromatic rings. The zero-order valence-electron chi connectivity index (χ0n) is 10.7. The van der Waals surface area contributed by atoms with Gasteiger partial charge in [0.15, 0.2) is 0 Å². The van der Waals surface area contributed by atoms with Crippen LogP contribution in [0.15, 0.2) is 30.3 Å². The van der Waals surface area contributed by atoms with Gasteiger partial charge in [-0.1, -0.05) is 30.3 Å². The van der Waals surface area contributed by atoms with E-state index in [1.807, 2.05) is 30.3 Å². The van der Waals surface area contributed by atoms with E-state index in [0.717, 1.165) is 12.0 Å². The number of amides is 2. The molecule has 0 spiro atoms. The van der Waals surface area contributed by atoms with Gasteiger partial charge in [-0.2, -0.15) is 0 Å². The molecule has 1 saturated carbocycles. The van der Waals surface area contributed by atoms with Gasteiger partial charge >= 0.3 is 0 Å². The van der Waals surface area contributed by atoms with E-state index < -0.39 is 0 Å². The van der Waals surface area contributed by atoms with Gasteiger partial charge in [-0.05, 0) is 24.3 Å². The number of benzene rings is 1. The summed E-state index contributed by atoms with van der Waals surface area (Å²) in [7, 11) is 0. The van der Waals surface area contributed by atoms with Gasteiger partial charge in [-0.25, -0.2) is 0 Å². The van der Waals surface area contributed by atoms with Crippen molar-refractivity contribution < 1.29 is 14.7 Å². The third-order valence-electron chi connectivity index (χ3n) is 4.32. The molecule has 1 N–H and O–H groups in total. The Balaban J connectivity index is 1.74. The molecule has 0 radical (unpaired) electrons. The third-order valence-corrected chi connectivity index (χ3v) is 4.32. The standard InChI is InChI=1S/C15H17NO3/c17-7-6-11-8-12-13(11)15(19)16(14(12)18)9-10-4-2-1-3-5-10/h1-5,11-13,17H,6-9H2. The lowest BCUT2D eigenvalue weighted by molar-refractivity contribution is -0.140. The van der Waals surface area contributed by atoms with Crippen LogP contribution in [0.2, 0.25) is 0 Å². The highest BCUT2D eigenvalue weighted by molar-refractivity contribution is 6.06. The highest BCUT2D eigenvalue weighted by Gasteiger charge is 2.57. The molecule has 3 unspecified atom stereocenters. The van der Waals surface area contributed by atoms with Gasteiger partial charge in [0.1, 0.15) is 0 Å². The number of likely N-dealkylation sites (tertiary alicyclic amines) is 1. The fourth-order valence-electron chi connectivity index (χ4n) is 3.25. The number of imide groups is 1. The molecule has 1 heterocycles. The van der Waals surface area contributed by atoms with Gasteiger partial charge in [0.25, 0.3) is 0 Å². The molecular weight excluding hydrogens is 242 g/mol. The number of hydrogen-bond donors (Lipinski definition) is 1. The summed E-state index contributed by atoms with van der Waals surface area (Å²) in [6.07, 6.45) is 1.38. The highest BCUT2D eigenvalue weighted by Crippen LogP contribution is 2.48. The normalized spacial score (nSPS) is 29.3. The van der Waals surface area contributed by atoms with E-state index in [-0.39, 0.29) is 36.2 Å². The van der Waals surface area contributed by atoms with Gasteiger partial charge in [0.2, 0.25) is 11.8 Å². The van der Waals surface area contributed by atoms with Crippen molar-refractivity contribution in [3.8, 4) is 0 Å². The molecular formula is C15H17NO3. The molecule has 3 atom stereocenters. The van der Waals surface area contributed by atoms with Crippen molar-refractivity contribution in [1.82, 2.24) is 4.90 Å². The molecule has 1 aliphatic heterocycles. The van der Waals surface area contributed by atoms with E-state index in [9.17, 15) is 9.59 Å². The topological polar surface area (TPSA) is 57.6 Å². The summed E-state index contributed by atoms with van der Waals surface area (Å²) in [5.74, 6) is -0.208. The Kier molecular flexibility index (Phi) is 3.11. The van der Waals surface area contributed by atoms with Crippen LogP contribution in [-0.4, -0.2) is 28.4 Å². The summed E-state index contributed by atoms with van der Waals surface area (Å²) in [5.41, 5.74) is 0.976. The Morgan fingerprint density at radius 3 is 2.58 bits per heavy atom. The number of carbonyl (C=O) groups excluding carboxylic acids is 2. The summed E-state index contributed by atoms with van der Waals surface area (Å²) >= 11 is 0. The van der Waals surface area contributed by atoms with Crippen molar-refractivity contribution in [2.45, 2.75) is 19.4 Å². The average molecular weight is 259 g/mol. The predicted octanol–water partition coefficient (Wildman–Crippen LogP) is 1.19. The number of hydrogen-bond acceptors (Lipinski definition) is 3. The van der Waals surface area contributed by atoms with Crippen molar-refractivity contribution in [2.24, 2.45) is 17.8 Å². The van der Waals surface area contributed by atoms with Crippen molar-refractivity contribution >= 4 is 11.8 Å². The average Bonchev–Trinajstić information content (AvgIpc) is 2.57. The first-order chi connectivity index (χ1) is 9.22. The smallest absolute Gasteiger partial charge is 0.233 e. The van der Waals surface area contributed by atoms with Gasteiger partial charge in [0.05, 0.1) is 18.4 Å².